The fourth-order valence-electron chi connectivity index (χ4n) is 4.81. The van der Waals surface area contributed by atoms with E-state index in [1.807, 2.05) is 61.5 Å². The first-order valence-corrected chi connectivity index (χ1v) is 12.6. The third-order valence-corrected chi connectivity index (χ3v) is 6.68. The maximum absolute atomic E-state index is 13.9. The number of carbonyl (C=O) groups is 2. The van der Waals surface area contributed by atoms with Gasteiger partial charge in [0.05, 0.1) is 6.26 Å². The van der Waals surface area contributed by atoms with Crippen LogP contribution in [0.1, 0.15) is 49.5 Å². The van der Waals surface area contributed by atoms with Crippen LogP contribution in [0.5, 0.6) is 0 Å². The molecule has 2 aromatic heterocycles. The monoisotopic (exact) mass is 498 g/mol. The molecule has 1 fully saturated rings. The minimum Gasteiger partial charge on any atom is -0.467 e. The van der Waals surface area contributed by atoms with Gasteiger partial charge in [0.25, 0.3) is 11.8 Å². The minimum atomic E-state index is -0.984. The molecule has 1 N–H and O–H groups in total. The van der Waals surface area contributed by atoms with Crippen LogP contribution in [0, 0.1) is 6.92 Å². The Morgan fingerprint density at radius 3 is 2.51 bits per heavy atom. The number of hydrogen-bond acceptors (Lipinski definition) is 6. The van der Waals surface area contributed by atoms with Gasteiger partial charge in [-0.25, -0.2) is 0 Å². The first-order chi connectivity index (χ1) is 18.1. The van der Waals surface area contributed by atoms with Gasteiger partial charge in [-0.1, -0.05) is 67.8 Å². The Bertz CT molecular complexity index is 1330. The van der Waals surface area contributed by atoms with Gasteiger partial charge in [0.2, 0.25) is 5.82 Å². The molecule has 2 amide bonds. The number of nitrogens with one attached hydrogen (secondary N) is 1. The van der Waals surface area contributed by atoms with Crippen molar-refractivity contribution in [1.29, 1.82) is 0 Å². The Labute approximate surface area is 215 Å². The number of anilines is 1. The van der Waals surface area contributed by atoms with Crippen LogP contribution in [0.25, 0.3) is 11.4 Å². The first kappa shape index (κ1) is 24.4. The highest BCUT2D eigenvalue weighted by molar-refractivity contribution is 6.01. The first-order valence-electron chi connectivity index (χ1n) is 12.6. The van der Waals surface area contributed by atoms with E-state index >= 15 is 0 Å². The average Bonchev–Trinajstić information content (AvgIpc) is 3.61. The molecule has 1 atom stereocenters. The Kier molecular flexibility index (Phi) is 7.39. The summed E-state index contributed by atoms with van der Waals surface area (Å²) in [7, 11) is 0. The van der Waals surface area contributed by atoms with Crippen molar-refractivity contribution in [3.05, 3.63) is 84.3 Å². The zero-order chi connectivity index (χ0) is 25.6. The van der Waals surface area contributed by atoms with Crippen molar-refractivity contribution >= 4 is 17.5 Å². The predicted octanol–water partition coefficient (Wildman–Crippen LogP) is 4.46. The number of aryl methyl sites for hydroxylation is 1. The SMILES string of the molecule is Cc1ccccc1N(C(=O)Cn1nnc(-c2ccccc2)n1)C(C(=O)NC1CCCCC1)c1ccco1. The summed E-state index contributed by atoms with van der Waals surface area (Å²) in [6.07, 6.45) is 6.72. The van der Waals surface area contributed by atoms with Gasteiger partial charge in [-0.3, -0.25) is 14.5 Å². The number of rotatable bonds is 8. The Morgan fingerprint density at radius 2 is 1.78 bits per heavy atom. The molecule has 5 rings (SSSR count). The maximum atomic E-state index is 13.9. The second-order valence-electron chi connectivity index (χ2n) is 9.32. The van der Waals surface area contributed by atoms with Crippen LogP contribution in [0.2, 0.25) is 0 Å². The van der Waals surface area contributed by atoms with E-state index in [4.69, 9.17) is 4.42 Å². The lowest BCUT2D eigenvalue weighted by atomic mass is 9.95. The maximum Gasteiger partial charge on any atom is 0.251 e. The molecule has 0 saturated heterocycles. The lowest BCUT2D eigenvalue weighted by Crippen LogP contribution is -2.48. The summed E-state index contributed by atoms with van der Waals surface area (Å²) >= 11 is 0. The largest absolute Gasteiger partial charge is 0.467 e. The summed E-state index contributed by atoms with van der Waals surface area (Å²) < 4.78 is 5.71. The number of furan rings is 1. The third-order valence-electron chi connectivity index (χ3n) is 6.68. The van der Waals surface area contributed by atoms with Gasteiger partial charge >= 0.3 is 0 Å². The molecule has 2 aromatic carbocycles. The Morgan fingerprint density at radius 1 is 1.03 bits per heavy atom. The molecule has 1 unspecified atom stereocenters. The van der Waals surface area contributed by atoms with Crippen LogP contribution in [-0.4, -0.2) is 38.1 Å². The van der Waals surface area contributed by atoms with E-state index in [1.54, 1.807) is 12.1 Å². The topological polar surface area (TPSA) is 106 Å². The number of benzene rings is 2. The van der Waals surface area contributed by atoms with Crippen LogP contribution < -0.4 is 10.2 Å². The molecule has 37 heavy (non-hydrogen) atoms. The van der Waals surface area contributed by atoms with Crippen molar-refractivity contribution in [2.24, 2.45) is 0 Å². The van der Waals surface area contributed by atoms with Gasteiger partial charge in [-0.05, 0) is 48.7 Å². The van der Waals surface area contributed by atoms with Crippen molar-refractivity contribution in [2.75, 3.05) is 4.90 Å². The van der Waals surface area contributed by atoms with Crippen LogP contribution in [0.15, 0.2) is 77.4 Å². The molecule has 4 aromatic rings. The zero-order valence-corrected chi connectivity index (χ0v) is 20.8. The zero-order valence-electron chi connectivity index (χ0n) is 20.8. The van der Waals surface area contributed by atoms with E-state index in [-0.39, 0.29) is 24.4 Å². The normalized spacial score (nSPS) is 14.7. The second kappa shape index (κ2) is 11.2. The standard InChI is InChI=1S/C28H30N6O3/c1-20-11-8-9-16-23(20)34(25(35)19-33-31-27(30-32-33)21-12-4-2-5-13-21)26(24-17-10-18-37-24)28(36)29-22-14-6-3-7-15-22/h2,4-5,8-13,16-18,22,26H,3,6-7,14-15,19H2,1H3,(H,29,36). The minimum absolute atomic E-state index is 0.0814. The van der Waals surface area contributed by atoms with Gasteiger partial charge in [-0.2, -0.15) is 4.80 Å². The number of nitrogens with zero attached hydrogens (tertiary/aromatic N) is 5. The molecule has 1 saturated carbocycles. The lowest BCUT2D eigenvalue weighted by molar-refractivity contribution is -0.128. The molecular formula is C28H30N6O3. The summed E-state index contributed by atoms with van der Waals surface area (Å²) in [5.41, 5.74) is 2.28. The number of para-hydroxylation sites is 1. The number of carbonyl (C=O) groups excluding carboxylic acids is 2. The smallest absolute Gasteiger partial charge is 0.251 e. The van der Waals surface area contributed by atoms with Crippen molar-refractivity contribution in [3.8, 4) is 11.4 Å². The van der Waals surface area contributed by atoms with Crippen LogP contribution in [-0.2, 0) is 16.1 Å². The highest BCUT2D eigenvalue weighted by atomic mass is 16.3. The van der Waals surface area contributed by atoms with Gasteiger partial charge in [-0.15, -0.1) is 10.2 Å². The van der Waals surface area contributed by atoms with E-state index in [9.17, 15) is 9.59 Å². The number of hydrogen-bond donors (Lipinski definition) is 1. The Balaban J connectivity index is 1.48. The summed E-state index contributed by atoms with van der Waals surface area (Å²) in [6, 6.07) is 19.5. The van der Waals surface area contributed by atoms with E-state index in [0.29, 0.717) is 17.3 Å². The third kappa shape index (κ3) is 5.61. The van der Waals surface area contributed by atoms with Crippen molar-refractivity contribution in [2.45, 2.75) is 57.7 Å². The molecule has 2 heterocycles. The van der Waals surface area contributed by atoms with Gasteiger partial charge in [0, 0.05) is 17.3 Å². The van der Waals surface area contributed by atoms with Gasteiger partial charge in [0.15, 0.2) is 6.04 Å². The fourth-order valence-corrected chi connectivity index (χ4v) is 4.81. The summed E-state index contributed by atoms with van der Waals surface area (Å²) in [6.45, 7) is 1.72. The molecule has 190 valence electrons. The molecule has 0 bridgehead atoms. The number of tetrazole rings is 1. The average molecular weight is 499 g/mol. The Hall–Kier alpha value is -4.27. The molecule has 9 nitrogen and oxygen atoms in total. The van der Waals surface area contributed by atoms with Crippen LogP contribution in [0.4, 0.5) is 5.69 Å². The number of amides is 2. The highest BCUT2D eigenvalue weighted by Gasteiger charge is 2.36. The second-order valence-corrected chi connectivity index (χ2v) is 9.32. The molecule has 1 aliphatic carbocycles. The van der Waals surface area contributed by atoms with E-state index in [0.717, 1.165) is 36.8 Å². The lowest BCUT2D eigenvalue weighted by Gasteiger charge is -2.32. The molecule has 9 heteroatoms. The van der Waals surface area contributed by atoms with Crippen LogP contribution in [0.3, 0.4) is 0 Å². The number of aromatic nitrogens is 4. The van der Waals surface area contributed by atoms with Crippen LogP contribution >= 0.6 is 0 Å². The van der Waals surface area contributed by atoms with Crippen molar-refractivity contribution < 1.29 is 14.0 Å². The molecule has 1 aliphatic rings. The fraction of sp³-hybridized carbons (Fsp3) is 0.321. The summed E-state index contributed by atoms with van der Waals surface area (Å²) in [5, 5.41) is 15.8. The summed E-state index contributed by atoms with van der Waals surface area (Å²) in [4.78, 5) is 30.4. The molecule has 0 spiro atoms. The quantitative estimate of drug-likeness (QED) is 0.384. The molecule has 0 aliphatic heterocycles. The molecular weight excluding hydrogens is 468 g/mol. The highest BCUT2D eigenvalue weighted by Crippen LogP contribution is 2.32. The predicted molar refractivity (Wildman–Crippen MR) is 138 cm³/mol. The van der Waals surface area contributed by atoms with E-state index in [2.05, 4.69) is 20.7 Å². The van der Waals surface area contributed by atoms with Crippen molar-refractivity contribution in [1.82, 2.24) is 25.5 Å². The van der Waals surface area contributed by atoms with E-state index in [1.165, 1.54) is 22.4 Å². The summed E-state index contributed by atoms with van der Waals surface area (Å²) in [5.74, 6) is 0.191. The van der Waals surface area contributed by atoms with Gasteiger partial charge < -0.3 is 9.73 Å². The van der Waals surface area contributed by atoms with Crippen molar-refractivity contribution in [3.63, 3.8) is 0 Å². The van der Waals surface area contributed by atoms with Gasteiger partial charge in [0.1, 0.15) is 12.3 Å². The molecule has 0 radical (unpaired) electrons. The van der Waals surface area contributed by atoms with E-state index < -0.39 is 6.04 Å².